The Morgan fingerprint density at radius 1 is 0.970 bits per heavy atom. The van der Waals surface area contributed by atoms with E-state index in [0.717, 1.165) is 42.5 Å². The Morgan fingerprint density at radius 2 is 1.67 bits per heavy atom. The van der Waals surface area contributed by atoms with Gasteiger partial charge in [0.15, 0.2) is 0 Å². The summed E-state index contributed by atoms with van der Waals surface area (Å²) in [6.45, 7) is 0.448. The molecule has 1 amide bonds. The summed E-state index contributed by atoms with van der Waals surface area (Å²) in [7, 11) is -3.43. The fraction of sp³-hybridized carbons (Fsp3) is 0.280. The maximum Gasteiger partial charge on any atom is 0.240 e. The normalized spacial score (nSPS) is 14.1. The first kappa shape index (κ1) is 24.5. The van der Waals surface area contributed by atoms with Crippen LogP contribution in [-0.2, 0) is 21.4 Å². The van der Waals surface area contributed by atoms with Gasteiger partial charge in [0.05, 0.1) is 10.6 Å². The Hall–Kier alpha value is -3.10. The summed E-state index contributed by atoms with van der Waals surface area (Å²) in [5, 5.41) is 2.48. The molecule has 1 heterocycles. The third kappa shape index (κ3) is 7.76. The van der Waals surface area contributed by atoms with Gasteiger partial charge < -0.3 is 5.32 Å². The van der Waals surface area contributed by atoms with Crippen molar-refractivity contribution in [1.82, 2.24) is 15.0 Å². The van der Waals surface area contributed by atoms with Crippen LogP contribution < -0.4 is 10.0 Å². The highest BCUT2D eigenvalue weighted by Crippen LogP contribution is 2.22. The summed E-state index contributed by atoms with van der Waals surface area (Å²) in [6, 6.07) is 18.6. The van der Waals surface area contributed by atoms with Crippen LogP contribution in [0, 0.1) is 5.82 Å². The van der Waals surface area contributed by atoms with Gasteiger partial charge in [-0.05, 0) is 54.8 Å². The number of halogens is 1. The second-order valence-electron chi connectivity index (χ2n) is 7.82. The first-order valence-corrected chi connectivity index (χ1v) is 12.4. The average Bonchev–Trinajstić information content (AvgIpc) is 2.85. The molecule has 0 bridgehead atoms. The molecule has 1 fully saturated rings. The second-order valence-corrected chi connectivity index (χ2v) is 9.53. The Balaban J connectivity index is 0.000000403. The van der Waals surface area contributed by atoms with Crippen LogP contribution in [0.25, 0.3) is 11.3 Å². The van der Waals surface area contributed by atoms with E-state index in [1.165, 1.54) is 18.6 Å². The van der Waals surface area contributed by atoms with Crippen molar-refractivity contribution in [2.45, 2.75) is 49.6 Å². The molecule has 0 saturated heterocycles. The van der Waals surface area contributed by atoms with E-state index in [4.69, 9.17) is 0 Å². The van der Waals surface area contributed by atoms with Gasteiger partial charge in [0.1, 0.15) is 5.82 Å². The highest BCUT2D eigenvalue weighted by Gasteiger charge is 2.21. The number of sulfonamides is 1. The molecule has 2 N–H and O–H groups in total. The second kappa shape index (κ2) is 12.2. The van der Waals surface area contributed by atoms with Gasteiger partial charge in [-0.15, -0.1) is 0 Å². The fourth-order valence-corrected chi connectivity index (χ4v) is 4.91. The molecule has 1 saturated carbocycles. The number of hydrogen-bond donors (Lipinski definition) is 2. The molecule has 1 aromatic heterocycles. The number of hydrogen-bond acceptors (Lipinski definition) is 4. The van der Waals surface area contributed by atoms with Crippen molar-refractivity contribution < 1.29 is 20.5 Å². The molecule has 6 nitrogen and oxygen atoms in total. The number of carbonyl (C=O) groups is 1. The van der Waals surface area contributed by atoms with Crippen molar-refractivity contribution in [1.29, 1.82) is 0 Å². The van der Waals surface area contributed by atoms with Crippen LogP contribution in [0.4, 0.5) is 4.39 Å². The van der Waals surface area contributed by atoms with Crippen LogP contribution >= 0.6 is 0 Å². The maximum atomic E-state index is 12.4. The van der Waals surface area contributed by atoms with Crippen LogP contribution in [0.2, 0.25) is 0 Å². The van der Waals surface area contributed by atoms with Crippen molar-refractivity contribution in [3.05, 3.63) is 84.3 Å². The number of pyridine rings is 1. The standard InChI is InChI=1S/C17H20N2O2S.C8H8FNO.2H2/c20-22(21,19-15-6-2-1-3-7-15)16-11-9-14(10-12-16)17-8-4-5-13-18-17;9-8-3-1-7(2-4-8)5-10-6-11;;/h4-5,8-13,15,19H,1-3,6-7H2;1-4,6H,5H2,(H,10,11);2*1H. The zero-order chi connectivity index (χ0) is 23.5. The van der Waals surface area contributed by atoms with E-state index in [9.17, 15) is 17.6 Å². The zero-order valence-corrected chi connectivity index (χ0v) is 19.1. The molecule has 0 aliphatic heterocycles. The number of nitrogens with one attached hydrogen (secondary N) is 2. The first-order valence-electron chi connectivity index (χ1n) is 10.9. The molecule has 2 aromatic carbocycles. The highest BCUT2D eigenvalue weighted by atomic mass is 32.2. The van der Waals surface area contributed by atoms with Crippen molar-refractivity contribution >= 4 is 16.4 Å². The van der Waals surface area contributed by atoms with Gasteiger partial charge in [-0.1, -0.05) is 49.6 Å². The molecule has 4 rings (SSSR count). The lowest BCUT2D eigenvalue weighted by molar-refractivity contribution is -0.109. The Bertz CT molecular complexity index is 1110. The van der Waals surface area contributed by atoms with E-state index in [-0.39, 0.29) is 14.7 Å². The molecule has 178 valence electrons. The first-order chi connectivity index (χ1) is 16.0. The number of rotatable bonds is 7. The smallest absolute Gasteiger partial charge is 0.240 e. The van der Waals surface area contributed by atoms with Crippen molar-refractivity contribution in [3.8, 4) is 11.3 Å². The van der Waals surface area contributed by atoms with Gasteiger partial charge in [0.25, 0.3) is 0 Å². The van der Waals surface area contributed by atoms with Crippen molar-refractivity contribution in [3.63, 3.8) is 0 Å². The SMILES string of the molecule is O=CNCc1ccc(F)cc1.O=S(=O)(NC1CCCCC1)c1ccc(-c2ccccn2)cc1.[HH].[HH]. The summed E-state index contributed by atoms with van der Waals surface area (Å²) in [5.74, 6) is -0.264. The molecule has 3 aromatic rings. The molecule has 0 radical (unpaired) electrons. The van der Waals surface area contributed by atoms with E-state index in [1.54, 1.807) is 42.6 Å². The highest BCUT2D eigenvalue weighted by molar-refractivity contribution is 7.89. The number of carbonyl (C=O) groups excluding carboxylic acids is 1. The maximum absolute atomic E-state index is 12.4. The average molecular weight is 474 g/mol. The topological polar surface area (TPSA) is 88.2 Å². The summed E-state index contributed by atoms with van der Waals surface area (Å²) in [5.41, 5.74) is 2.64. The monoisotopic (exact) mass is 473 g/mol. The zero-order valence-electron chi connectivity index (χ0n) is 18.3. The van der Waals surface area contributed by atoms with Gasteiger partial charge in [-0.25, -0.2) is 17.5 Å². The van der Waals surface area contributed by atoms with E-state index in [2.05, 4.69) is 15.0 Å². The van der Waals surface area contributed by atoms with Crippen molar-refractivity contribution in [2.75, 3.05) is 0 Å². The van der Waals surface area contributed by atoms with E-state index in [1.807, 2.05) is 18.2 Å². The summed E-state index contributed by atoms with van der Waals surface area (Å²) in [4.78, 5) is 14.4. The molecule has 0 unspecified atom stereocenters. The lowest BCUT2D eigenvalue weighted by Gasteiger charge is -2.22. The van der Waals surface area contributed by atoms with E-state index < -0.39 is 10.0 Å². The predicted molar refractivity (Wildman–Crippen MR) is 130 cm³/mol. The minimum Gasteiger partial charge on any atom is -0.355 e. The summed E-state index contributed by atoms with van der Waals surface area (Å²) < 4.78 is 40.0. The van der Waals surface area contributed by atoms with Gasteiger partial charge in [0.2, 0.25) is 16.4 Å². The molecule has 0 spiro atoms. The van der Waals surface area contributed by atoms with E-state index in [0.29, 0.717) is 17.9 Å². The van der Waals surface area contributed by atoms with Gasteiger partial charge in [-0.2, -0.15) is 0 Å². The molecule has 8 heteroatoms. The van der Waals surface area contributed by atoms with Gasteiger partial charge >= 0.3 is 0 Å². The quantitative estimate of drug-likeness (QED) is 0.477. The van der Waals surface area contributed by atoms with Crippen LogP contribution in [0.5, 0.6) is 0 Å². The van der Waals surface area contributed by atoms with Crippen LogP contribution in [-0.4, -0.2) is 25.9 Å². The summed E-state index contributed by atoms with van der Waals surface area (Å²) >= 11 is 0. The number of aromatic nitrogens is 1. The number of amides is 1. The van der Waals surface area contributed by atoms with Crippen molar-refractivity contribution in [2.24, 2.45) is 0 Å². The number of benzene rings is 2. The van der Waals surface area contributed by atoms with Crippen LogP contribution in [0.15, 0.2) is 77.8 Å². The molecule has 1 aliphatic rings. The molecule has 0 atom stereocenters. The predicted octanol–water partition coefficient (Wildman–Crippen LogP) is 4.92. The summed E-state index contributed by atoms with van der Waals surface area (Å²) in [6.07, 6.45) is 7.62. The van der Waals surface area contributed by atoms with Crippen LogP contribution in [0.1, 0.15) is 40.5 Å². The molecule has 33 heavy (non-hydrogen) atoms. The largest absolute Gasteiger partial charge is 0.355 e. The Kier molecular flexibility index (Phi) is 9.09. The third-order valence-corrected chi connectivity index (χ3v) is 6.89. The minimum atomic E-state index is -3.43. The number of nitrogens with zero attached hydrogens (tertiary/aromatic N) is 1. The third-order valence-electron chi connectivity index (χ3n) is 5.36. The van der Waals surface area contributed by atoms with Crippen LogP contribution in [0.3, 0.4) is 0 Å². The minimum absolute atomic E-state index is 0. The Labute approximate surface area is 197 Å². The fourth-order valence-electron chi connectivity index (χ4n) is 3.61. The van der Waals surface area contributed by atoms with Gasteiger partial charge in [0, 0.05) is 27.2 Å². The van der Waals surface area contributed by atoms with E-state index >= 15 is 0 Å². The molecular weight excluding hydrogens is 441 g/mol. The lowest BCUT2D eigenvalue weighted by atomic mass is 9.96. The molecule has 1 aliphatic carbocycles. The Morgan fingerprint density at radius 3 is 2.27 bits per heavy atom. The lowest BCUT2D eigenvalue weighted by Crippen LogP contribution is -2.36. The molecular formula is C25H32FN3O3S. The van der Waals surface area contributed by atoms with Gasteiger partial charge in [-0.3, -0.25) is 9.78 Å².